The van der Waals surface area contributed by atoms with Gasteiger partial charge in [0.05, 0.1) is 6.20 Å². The molecule has 0 aliphatic heterocycles. The van der Waals surface area contributed by atoms with Crippen LogP contribution in [0.3, 0.4) is 0 Å². The van der Waals surface area contributed by atoms with Gasteiger partial charge in [0.25, 0.3) is 0 Å². The number of aromatic nitrogens is 3. The largest absolute Gasteiger partial charge is 0.365 e. The molecule has 3 rings (SSSR count). The monoisotopic (exact) mass is 333 g/mol. The standard InChI is InChI=1S/C20H23N5/c1-4-17-10-6-8-15(3)19(17)24-20-23-18(13-22-25-20)21-12-16-9-5-7-14(2)11-16/h5-11,13H,4,12H2,1-3H3,(H2,21,23,24,25). The highest BCUT2D eigenvalue weighted by Gasteiger charge is 2.07. The van der Waals surface area contributed by atoms with Gasteiger partial charge in [-0.2, -0.15) is 10.1 Å². The molecule has 0 aliphatic rings. The van der Waals surface area contributed by atoms with Crippen molar-refractivity contribution in [2.24, 2.45) is 0 Å². The molecule has 1 aromatic heterocycles. The molecule has 0 saturated carbocycles. The van der Waals surface area contributed by atoms with Crippen LogP contribution in [-0.2, 0) is 13.0 Å². The van der Waals surface area contributed by atoms with Gasteiger partial charge in [0.15, 0.2) is 5.82 Å². The lowest BCUT2D eigenvalue weighted by Gasteiger charge is -2.13. The first-order chi connectivity index (χ1) is 12.2. The summed E-state index contributed by atoms with van der Waals surface area (Å²) in [6.07, 6.45) is 2.59. The molecular weight excluding hydrogens is 310 g/mol. The molecule has 0 aliphatic carbocycles. The predicted octanol–water partition coefficient (Wildman–Crippen LogP) is 4.41. The molecule has 0 bridgehead atoms. The Morgan fingerprint density at radius 2 is 1.88 bits per heavy atom. The molecule has 128 valence electrons. The van der Waals surface area contributed by atoms with Crippen LogP contribution in [0.25, 0.3) is 0 Å². The second-order valence-electron chi connectivity index (χ2n) is 6.10. The summed E-state index contributed by atoms with van der Waals surface area (Å²) < 4.78 is 0. The van der Waals surface area contributed by atoms with E-state index in [0.29, 0.717) is 18.3 Å². The molecule has 0 fully saturated rings. The van der Waals surface area contributed by atoms with Crippen molar-refractivity contribution in [2.75, 3.05) is 10.6 Å². The first-order valence-corrected chi connectivity index (χ1v) is 8.50. The molecule has 0 amide bonds. The van der Waals surface area contributed by atoms with E-state index in [1.165, 1.54) is 22.3 Å². The Labute approximate surface area is 148 Å². The average molecular weight is 333 g/mol. The van der Waals surface area contributed by atoms with Crippen molar-refractivity contribution in [2.45, 2.75) is 33.7 Å². The number of hydrogen-bond acceptors (Lipinski definition) is 5. The second kappa shape index (κ2) is 7.75. The van der Waals surface area contributed by atoms with Crippen LogP contribution in [0.15, 0.2) is 48.7 Å². The lowest BCUT2D eigenvalue weighted by Crippen LogP contribution is -2.07. The summed E-state index contributed by atoms with van der Waals surface area (Å²) in [6, 6.07) is 14.7. The van der Waals surface area contributed by atoms with E-state index in [9.17, 15) is 0 Å². The lowest BCUT2D eigenvalue weighted by molar-refractivity contribution is 0.963. The van der Waals surface area contributed by atoms with Gasteiger partial charge in [0, 0.05) is 12.2 Å². The zero-order valence-corrected chi connectivity index (χ0v) is 14.9. The molecule has 1 heterocycles. The van der Waals surface area contributed by atoms with E-state index < -0.39 is 0 Å². The van der Waals surface area contributed by atoms with Crippen molar-refractivity contribution < 1.29 is 0 Å². The maximum absolute atomic E-state index is 4.53. The van der Waals surface area contributed by atoms with Crippen LogP contribution in [0.4, 0.5) is 17.5 Å². The molecule has 2 N–H and O–H groups in total. The highest BCUT2D eigenvalue weighted by molar-refractivity contribution is 5.63. The van der Waals surface area contributed by atoms with Crippen LogP contribution in [0.5, 0.6) is 0 Å². The molecule has 25 heavy (non-hydrogen) atoms. The third kappa shape index (κ3) is 4.32. The number of anilines is 3. The zero-order valence-electron chi connectivity index (χ0n) is 14.9. The Hall–Kier alpha value is -2.95. The summed E-state index contributed by atoms with van der Waals surface area (Å²) in [7, 11) is 0. The van der Waals surface area contributed by atoms with Crippen LogP contribution in [-0.4, -0.2) is 15.2 Å². The number of nitrogens with zero attached hydrogens (tertiary/aromatic N) is 3. The summed E-state index contributed by atoms with van der Waals surface area (Å²) in [5, 5.41) is 14.8. The van der Waals surface area contributed by atoms with E-state index in [2.05, 4.69) is 89.1 Å². The average Bonchev–Trinajstić information content (AvgIpc) is 2.62. The van der Waals surface area contributed by atoms with Gasteiger partial charge < -0.3 is 10.6 Å². The van der Waals surface area contributed by atoms with Crippen LogP contribution >= 0.6 is 0 Å². The van der Waals surface area contributed by atoms with Crippen molar-refractivity contribution in [1.29, 1.82) is 0 Å². The van der Waals surface area contributed by atoms with Crippen molar-refractivity contribution in [3.63, 3.8) is 0 Å². The molecule has 0 spiro atoms. The zero-order chi connectivity index (χ0) is 17.6. The van der Waals surface area contributed by atoms with Gasteiger partial charge in [-0.05, 0) is 37.0 Å². The van der Waals surface area contributed by atoms with E-state index in [1.807, 2.05) is 0 Å². The maximum Gasteiger partial charge on any atom is 0.249 e. The van der Waals surface area contributed by atoms with Gasteiger partial charge in [0.2, 0.25) is 5.95 Å². The Bertz CT molecular complexity index is 860. The first kappa shape index (κ1) is 16.9. The van der Waals surface area contributed by atoms with Crippen LogP contribution in [0, 0.1) is 13.8 Å². The first-order valence-electron chi connectivity index (χ1n) is 8.50. The van der Waals surface area contributed by atoms with Crippen molar-refractivity contribution in [3.8, 4) is 0 Å². The van der Waals surface area contributed by atoms with Gasteiger partial charge in [-0.3, -0.25) is 0 Å². The van der Waals surface area contributed by atoms with Crippen molar-refractivity contribution in [3.05, 3.63) is 70.9 Å². The quantitative estimate of drug-likeness (QED) is 0.700. The number of hydrogen-bond donors (Lipinski definition) is 2. The van der Waals surface area contributed by atoms with Crippen molar-refractivity contribution >= 4 is 17.5 Å². The van der Waals surface area contributed by atoms with Crippen molar-refractivity contribution in [1.82, 2.24) is 15.2 Å². The second-order valence-corrected chi connectivity index (χ2v) is 6.10. The summed E-state index contributed by atoms with van der Waals surface area (Å²) in [5.41, 5.74) is 5.92. The third-order valence-electron chi connectivity index (χ3n) is 4.09. The van der Waals surface area contributed by atoms with Crippen LogP contribution in [0.2, 0.25) is 0 Å². The molecule has 3 aromatic rings. The van der Waals surface area contributed by atoms with E-state index in [-0.39, 0.29) is 0 Å². The fraction of sp³-hybridized carbons (Fsp3) is 0.250. The number of aryl methyl sites for hydroxylation is 3. The van der Waals surface area contributed by atoms with Crippen LogP contribution < -0.4 is 10.6 Å². The van der Waals surface area contributed by atoms with Gasteiger partial charge in [-0.25, -0.2) is 0 Å². The lowest BCUT2D eigenvalue weighted by atomic mass is 10.1. The number of rotatable bonds is 6. The minimum atomic E-state index is 0.498. The molecule has 0 unspecified atom stereocenters. The Balaban J connectivity index is 1.74. The summed E-state index contributed by atoms with van der Waals surface area (Å²) >= 11 is 0. The minimum absolute atomic E-state index is 0.498. The number of benzene rings is 2. The molecule has 5 nitrogen and oxygen atoms in total. The normalized spacial score (nSPS) is 10.5. The Morgan fingerprint density at radius 1 is 1.04 bits per heavy atom. The molecule has 5 heteroatoms. The van der Waals surface area contributed by atoms with Gasteiger partial charge in [0.1, 0.15) is 0 Å². The van der Waals surface area contributed by atoms with Gasteiger partial charge in [-0.1, -0.05) is 55.0 Å². The molecule has 2 aromatic carbocycles. The molecule has 0 saturated heterocycles. The van der Waals surface area contributed by atoms with Gasteiger partial charge >= 0.3 is 0 Å². The fourth-order valence-corrected chi connectivity index (χ4v) is 2.77. The van der Waals surface area contributed by atoms with E-state index >= 15 is 0 Å². The predicted molar refractivity (Wildman–Crippen MR) is 102 cm³/mol. The minimum Gasteiger partial charge on any atom is -0.365 e. The number of nitrogens with one attached hydrogen (secondary N) is 2. The molecule has 0 atom stereocenters. The highest BCUT2D eigenvalue weighted by atomic mass is 15.3. The maximum atomic E-state index is 4.53. The Kier molecular flexibility index (Phi) is 5.23. The summed E-state index contributed by atoms with van der Waals surface area (Å²) in [4.78, 5) is 4.53. The smallest absolute Gasteiger partial charge is 0.249 e. The van der Waals surface area contributed by atoms with Gasteiger partial charge in [-0.15, -0.1) is 5.10 Å². The van der Waals surface area contributed by atoms with E-state index in [4.69, 9.17) is 0 Å². The summed E-state index contributed by atoms with van der Waals surface area (Å²) in [6.45, 7) is 7.00. The molecular formula is C20H23N5. The SMILES string of the molecule is CCc1cccc(C)c1Nc1nncc(NCc2cccc(C)c2)n1. The van der Waals surface area contributed by atoms with E-state index in [0.717, 1.165) is 12.1 Å². The van der Waals surface area contributed by atoms with Crippen LogP contribution in [0.1, 0.15) is 29.2 Å². The summed E-state index contributed by atoms with van der Waals surface area (Å²) in [5.74, 6) is 1.20. The van der Waals surface area contributed by atoms with E-state index in [1.54, 1.807) is 6.20 Å². The Morgan fingerprint density at radius 3 is 2.68 bits per heavy atom. The highest BCUT2D eigenvalue weighted by Crippen LogP contribution is 2.24. The molecule has 0 radical (unpaired) electrons. The third-order valence-corrected chi connectivity index (χ3v) is 4.09. The topological polar surface area (TPSA) is 62.7 Å². The fourth-order valence-electron chi connectivity index (χ4n) is 2.77. The number of para-hydroxylation sites is 1.